The van der Waals surface area contributed by atoms with E-state index in [1.807, 2.05) is 12.3 Å². The highest BCUT2D eigenvalue weighted by Gasteiger charge is 2.31. The summed E-state index contributed by atoms with van der Waals surface area (Å²) in [6.45, 7) is 8.17. The average Bonchev–Trinajstić information content (AvgIpc) is 3.62. The molecule has 5 aromatic rings. The molecule has 0 fully saturated rings. The molecule has 0 atom stereocenters. The van der Waals surface area contributed by atoms with Crippen LogP contribution in [-0.2, 0) is 38.4 Å². The van der Waals surface area contributed by atoms with Crippen molar-refractivity contribution in [2.45, 2.75) is 59.2 Å². The van der Waals surface area contributed by atoms with Crippen molar-refractivity contribution in [1.82, 2.24) is 29.6 Å². The Balaban J connectivity index is 0.000000300. The van der Waals surface area contributed by atoms with E-state index in [-0.39, 0.29) is 5.82 Å². The Kier molecular flexibility index (Phi) is 8.45. The first-order valence-electron chi connectivity index (χ1n) is 14.2. The van der Waals surface area contributed by atoms with Crippen LogP contribution in [0.3, 0.4) is 0 Å². The summed E-state index contributed by atoms with van der Waals surface area (Å²) in [6, 6.07) is 10.2. The number of nitrogens with zero attached hydrogens (tertiary/aromatic N) is 5. The summed E-state index contributed by atoms with van der Waals surface area (Å²) in [5.41, 5.74) is 8.63. The van der Waals surface area contributed by atoms with Gasteiger partial charge < -0.3 is 9.88 Å². The number of hydrogen-bond acceptors (Lipinski definition) is 4. The summed E-state index contributed by atoms with van der Waals surface area (Å²) in [4.78, 5) is 12.1. The summed E-state index contributed by atoms with van der Waals surface area (Å²) >= 11 is 0. The second-order valence-electron chi connectivity index (χ2n) is 10.4. The Morgan fingerprint density at radius 2 is 1.62 bits per heavy atom. The minimum Gasteiger partial charge on any atom is -0.361 e. The van der Waals surface area contributed by atoms with Gasteiger partial charge in [-0.2, -0.15) is 18.3 Å². The second kappa shape index (κ2) is 12.1. The Labute approximate surface area is 242 Å². The molecular weight excluding hydrogens is 544 g/mol. The third-order valence-electron chi connectivity index (χ3n) is 7.78. The molecule has 0 unspecified atom stereocenters. The first kappa shape index (κ1) is 29.4. The van der Waals surface area contributed by atoms with E-state index in [2.05, 4.69) is 70.6 Å². The van der Waals surface area contributed by atoms with Crippen molar-refractivity contribution in [3.8, 4) is 16.9 Å². The number of aryl methyl sites for hydroxylation is 3. The maximum atomic E-state index is 15.9. The van der Waals surface area contributed by atoms with Crippen LogP contribution in [0.2, 0.25) is 0 Å². The highest BCUT2D eigenvalue weighted by Crippen LogP contribution is 2.40. The number of benzene rings is 2. The quantitative estimate of drug-likeness (QED) is 0.222. The van der Waals surface area contributed by atoms with E-state index in [9.17, 15) is 13.2 Å². The van der Waals surface area contributed by atoms with Crippen LogP contribution in [0.15, 0.2) is 55.2 Å². The number of halogens is 4. The third-order valence-corrected chi connectivity index (χ3v) is 7.78. The van der Waals surface area contributed by atoms with Crippen molar-refractivity contribution >= 4 is 10.9 Å². The molecule has 0 aliphatic carbocycles. The van der Waals surface area contributed by atoms with Crippen molar-refractivity contribution in [2.75, 3.05) is 13.6 Å². The van der Waals surface area contributed by atoms with Gasteiger partial charge in [-0.1, -0.05) is 39.0 Å². The first-order valence-corrected chi connectivity index (χ1v) is 14.2. The molecule has 3 aromatic heterocycles. The first-order chi connectivity index (χ1) is 20.2. The van der Waals surface area contributed by atoms with E-state index < -0.39 is 11.7 Å². The van der Waals surface area contributed by atoms with Gasteiger partial charge in [0, 0.05) is 60.1 Å². The lowest BCUT2D eigenvalue weighted by molar-refractivity contribution is -0.138. The molecule has 6 rings (SSSR count). The van der Waals surface area contributed by atoms with Crippen LogP contribution in [-0.4, -0.2) is 43.2 Å². The molecule has 1 N–H and O–H groups in total. The van der Waals surface area contributed by atoms with E-state index in [0.29, 0.717) is 5.56 Å². The minimum absolute atomic E-state index is 0.168. The molecular formula is C32H34F4N6. The number of fused-ring (bicyclic) bond motifs is 2. The molecule has 0 bridgehead atoms. The van der Waals surface area contributed by atoms with Gasteiger partial charge in [-0.25, -0.2) is 19.0 Å². The SMILES string of the molecule is CCc1cccc(CC)c1-n1nc2c(c1-c1c(F)cc(CC)c3[nH]ccc13)CN(C)CC2.FC(F)(F)c1cncnc1. The molecule has 220 valence electrons. The van der Waals surface area contributed by atoms with Crippen LogP contribution in [0.1, 0.15) is 54.3 Å². The molecule has 42 heavy (non-hydrogen) atoms. The maximum Gasteiger partial charge on any atom is 0.419 e. The van der Waals surface area contributed by atoms with Crippen molar-refractivity contribution in [2.24, 2.45) is 0 Å². The smallest absolute Gasteiger partial charge is 0.361 e. The van der Waals surface area contributed by atoms with Crippen molar-refractivity contribution < 1.29 is 17.6 Å². The summed E-state index contributed by atoms with van der Waals surface area (Å²) in [6.07, 6.45) is 3.58. The Morgan fingerprint density at radius 3 is 2.21 bits per heavy atom. The number of rotatable bonds is 5. The predicted molar refractivity (Wildman–Crippen MR) is 156 cm³/mol. The lowest BCUT2D eigenvalue weighted by Crippen LogP contribution is -2.26. The molecule has 0 saturated heterocycles. The number of likely N-dealkylation sites (N-methyl/N-ethyl adjacent to an activating group) is 1. The molecule has 1 aliphatic rings. The third kappa shape index (κ3) is 5.55. The van der Waals surface area contributed by atoms with Crippen LogP contribution in [0.25, 0.3) is 27.8 Å². The molecule has 0 spiro atoms. The molecule has 6 nitrogen and oxygen atoms in total. The fraction of sp³-hybridized carbons (Fsp3) is 0.344. The fourth-order valence-corrected chi connectivity index (χ4v) is 5.65. The Bertz CT molecular complexity index is 1660. The normalized spacial score (nSPS) is 13.6. The van der Waals surface area contributed by atoms with Gasteiger partial charge >= 0.3 is 6.18 Å². The van der Waals surface area contributed by atoms with E-state index in [4.69, 9.17) is 5.10 Å². The number of para-hydroxylation sites is 1. The molecule has 0 amide bonds. The van der Waals surface area contributed by atoms with Crippen LogP contribution in [0.5, 0.6) is 0 Å². The lowest BCUT2D eigenvalue weighted by atomic mass is 9.95. The van der Waals surface area contributed by atoms with Crippen LogP contribution in [0.4, 0.5) is 17.6 Å². The zero-order valence-electron chi connectivity index (χ0n) is 24.2. The van der Waals surface area contributed by atoms with Gasteiger partial charge in [-0.15, -0.1) is 0 Å². The Hall–Kier alpha value is -4.05. The van der Waals surface area contributed by atoms with Gasteiger partial charge in [0.2, 0.25) is 0 Å². The predicted octanol–water partition coefficient (Wildman–Crippen LogP) is 7.33. The lowest BCUT2D eigenvalue weighted by Gasteiger charge is -2.23. The van der Waals surface area contributed by atoms with Gasteiger partial charge in [0.25, 0.3) is 0 Å². The minimum atomic E-state index is -4.33. The number of nitrogens with one attached hydrogen (secondary N) is 1. The number of alkyl halides is 3. The van der Waals surface area contributed by atoms with Gasteiger partial charge in [-0.05, 0) is 55.1 Å². The standard InChI is InChI=1S/C27H31FN4.C5H3F3N2/c1-5-17-9-8-10-18(6-2)26(17)32-27(21-16-31(4)14-12-23(21)30-32)24-20-11-13-29-25(20)19(7-3)15-22(24)28;6-5(7,8)4-1-9-3-10-2-4/h8-11,13,15,29H,5-7,12,14,16H2,1-4H3;1-3H. The zero-order valence-corrected chi connectivity index (χ0v) is 24.2. The largest absolute Gasteiger partial charge is 0.419 e. The summed E-state index contributed by atoms with van der Waals surface area (Å²) in [5.74, 6) is -0.168. The van der Waals surface area contributed by atoms with Crippen molar-refractivity contribution in [3.63, 3.8) is 0 Å². The van der Waals surface area contributed by atoms with E-state index in [0.717, 1.165) is 96.6 Å². The number of H-pyrrole nitrogens is 1. The molecule has 4 heterocycles. The van der Waals surface area contributed by atoms with E-state index >= 15 is 4.39 Å². The summed E-state index contributed by atoms with van der Waals surface area (Å²) < 4.78 is 53.1. The molecule has 10 heteroatoms. The number of aromatic amines is 1. The number of hydrogen-bond donors (Lipinski definition) is 1. The molecule has 0 saturated carbocycles. The number of aromatic nitrogens is 5. The molecule has 2 aromatic carbocycles. The van der Waals surface area contributed by atoms with Gasteiger partial charge in [-0.3, -0.25) is 0 Å². The Morgan fingerprint density at radius 1 is 0.952 bits per heavy atom. The van der Waals surface area contributed by atoms with E-state index in [1.54, 1.807) is 6.07 Å². The van der Waals surface area contributed by atoms with Gasteiger partial charge in [0.1, 0.15) is 12.1 Å². The maximum absolute atomic E-state index is 15.9. The van der Waals surface area contributed by atoms with Crippen molar-refractivity contribution in [3.05, 3.63) is 94.6 Å². The van der Waals surface area contributed by atoms with Crippen LogP contribution < -0.4 is 0 Å². The summed E-state index contributed by atoms with van der Waals surface area (Å²) in [5, 5.41) is 6.07. The molecule has 0 radical (unpaired) electrons. The highest BCUT2D eigenvalue weighted by molar-refractivity contribution is 5.97. The summed E-state index contributed by atoms with van der Waals surface area (Å²) in [7, 11) is 2.13. The molecule has 1 aliphatic heterocycles. The topological polar surface area (TPSA) is 62.6 Å². The zero-order chi connectivity index (χ0) is 30.0. The van der Waals surface area contributed by atoms with Gasteiger partial charge in [0.05, 0.1) is 22.6 Å². The van der Waals surface area contributed by atoms with Crippen LogP contribution in [0, 0.1) is 5.82 Å². The highest BCUT2D eigenvalue weighted by atomic mass is 19.4. The van der Waals surface area contributed by atoms with Gasteiger partial charge in [0.15, 0.2) is 0 Å². The second-order valence-corrected chi connectivity index (χ2v) is 10.4. The van der Waals surface area contributed by atoms with Crippen LogP contribution >= 0.6 is 0 Å². The van der Waals surface area contributed by atoms with E-state index in [1.165, 1.54) is 11.1 Å². The average molecular weight is 579 g/mol. The van der Waals surface area contributed by atoms with Crippen molar-refractivity contribution in [1.29, 1.82) is 0 Å². The monoisotopic (exact) mass is 578 g/mol. The fourth-order valence-electron chi connectivity index (χ4n) is 5.65.